The highest BCUT2D eigenvalue weighted by molar-refractivity contribution is 5.94. The van der Waals surface area contributed by atoms with Gasteiger partial charge in [0, 0.05) is 22.9 Å². The van der Waals surface area contributed by atoms with Crippen molar-refractivity contribution in [2.45, 2.75) is 6.92 Å². The molecule has 1 aromatic carbocycles. The summed E-state index contributed by atoms with van der Waals surface area (Å²) in [6, 6.07) is 8.71. The largest absolute Gasteiger partial charge is 0.366 e. The number of nitrogens with zero attached hydrogens (tertiary/aromatic N) is 1. The number of hydrogen-bond acceptors (Lipinski definition) is 3. The van der Waals surface area contributed by atoms with Crippen molar-refractivity contribution < 1.29 is 9.59 Å². The van der Waals surface area contributed by atoms with E-state index >= 15 is 0 Å². The van der Waals surface area contributed by atoms with E-state index in [0.717, 1.165) is 23.1 Å². The first-order valence-corrected chi connectivity index (χ1v) is 5.44. The Morgan fingerprint density at radius 1 is 1.33 bits per heavy atom. The highest BCUT2D eigenvalue weighted by atomic mass is 16.1. The smallest absolute Gasteiger partial charge is 0.248 e. The molecule has 2 N–H and O–H groups in total. The van der Waals surface area contributed by atoms with Crippen LogP contribution in [-0.4, -0.2) is 17.2 Å². The fourth-order valence-corrected chi connectivity index (χ4v) is 1.78. The second-order valence-corrected chi connectivity index (χ2v) is 4.00. The summed E-state index contributed by atoms with van der Waals surface area (Å²) in [5.74, 6) is -0.473. The van der Waals surface area contributed by atoms with E-state index in [1.54, 1.807) is 24.3 Å². The fourth-order valence-electron chi connectivity index (χ4n) is 1.78. The van der Waals surface area contributed by atoms with Crippen LogP contribution >= 0.6 is 0 Å². The van der Waals surface area contributed by atoms with Crippen molar-refractivity contribution in [1.29, 1.82) is 0 Å². The van der Waals surface area contributed by atoms with Crippen molar-refractivity contribution in [2.75, 3.05) is 0 Å². The van der Waals surface area contributed by atoms with Crippen LogP contribution < -0.4 is 5.73 Å². The van der Waals surface area contributed by atoms with Crippen LogP contribution in [0.15, 0.2) is 36.5 Å². The number of aryl methyl sites for hydroxylation is 1. The minimum atomic E-state index is -0.473. The van der Waals surface area contributed by atoms with Crippen LogP contribution in [0.2, 0.25) is 0 Å². The van der Waals surface area contributed by atoms with Crippen LogP contribution in [0.4, 0.5) is 0 Å². The van der Waals surface area contributed by atoms with Crippen molar-refractivity contribution in [1.82, 2.24) is 4.98 Å². The molecule has 18 heavy (non-hydrogen) atoms. The molecule has 90 valence electrons. The molecule has 1 amide bonds. The summed E-state index contributed by atoms with van der Waals surface area (Å²) in [6.07, 6.45) is 2.26. The monoisotopic (exact) mass is 240 g/mol. The topological polar surface area (TPSA) is 73.1 Å². The van der Waals surface area contributed by atoms with Crippen LogP contribution in [-0.2, 0) is 0 Å². The lowest BCUT2D eigenvalue weighted by molar-refractivity contribution is 0.1000. The average molecular weight is 240 g/mol. The normalized spacial score (nSPS) is 10.1. The van der Waals surface area contributed by atoms with E-state index in [0.29, 0.717) is 11.1 Å². The molecule has 0 unspecified atom stereocenters. The summed E-state index contributed by atoms with van der Waals surface area (Å²) in [6.45, 7) is 1.87. The van der Waals surface area contributed by atoms with E-state index in [-0.39, 0.29) is 0 Å². The maximum atomic E-state index is 11.1. The summed E-state index contributed by atoms with van der Waals surface area (Å²) in [7, 11) is 0. The van der Waals surface area contributed by atoms with Crippen LogP contribution in [0.1, 0.15) is 26.3 Å². The molecule has 0 fully saturated rings. The minimum Gasteiger partial charge on any atom is -0.366 e. The lowest BCUT2D eigenvalue weighted by Crippen LogP contribution is -2.10. The van der Waals surface area contributed by atoms with E-state index < -0.39 is 5.91 Å². The highest BCUT2D eigenvalue weighted by Crippen LogP contribution is 2.22. The Hall–Kier alpha value is -2.49. The number of carbonyl (C=O) groups is 2. The Balaban J connectivity index is 2.51. The molecule has 0 atom stereocenters. The summed E-state index contributed by atoms with van der Waals surface area (Å²) >= 11 is 0. The van der Waals surface area contributed by atoms with Crippen molar-refractivity contribution in [2.24, 2.45) is 5.73 Å². The molecule has 0 aliphatic rings. The van der Waals surface area contributed by atoms with E-state index in [9.17, 15) is 9.59 Å². The van der Waals surface area contributed by atoms with Crippen molar-refractivity contribution >= 4 is 12.2 Å². The molecule has 0 spiro atoms. The Kier molecular flexibility index (Phi) is 3.19. The number of nitrogens with two attached hydrogens (primary N) is 1. The number of hydrogen-bond donors (Lipinski definition) is 1. The number of amides is 1. The molecule has 0 aliphatic carbocycles. The molecule has 0 aliphatic heterocycles. The van der Waals surface area contributed by atoms with E-state index in [2.05, 4.69) is 4.98 Å². The lowest BCUT2D eigenvalue weighted by Gasteiger charge is -2.06. The first-order valence-electron chi connectivity index (χ1n) is 5.44. The Morgan fingerprint density at radius 3 is 2.72 bits per heavy atom. The molecule has 0 radical (unpaired) electrons. The van der Waals surface area contributed by atoms with Gasteiger partial charge in [-0.15, -0.1) is 0 Å². The Labute approximate surface area is 104 Å². The second-order valence-electron chi connectivity index (χ2n) is 4.00. The molecule has 2 rings (SSSR count). The summed E-state index contributed by atoms with van der Waals surface area (Å²) in [5, 5.41) is 0. The number of carbonyl (C=O) groups excluding carboxylic acids is 2. The van der Waals surface area contributed by atoms with Gasteiger partial charge in [-0.05, 0) is 30.7 Å². The fraction of sp³-hybridized carbons (Fsp3) is 0.0714. The third-order valence-corrected chi connectivity index (χ3v) is 2.66. The van der Waals surface area contributed by atoms with Gasteiger partial charge in [-0.25, -0.2) is 0 Å². The molecule has 4 nitrogen and oxygen atoms in total. The van der Waals surface area contributed by atoms with Gasteiger partial charge in [0.2, 0.25) is 5.91 Å². The predicted molar refractivity (Wildman–Crippen MR) is 68.3 cm³/mol. The van der Waals surface area contributed by atoms with Gasteiger partial charge in [-0.2, -0.15) is 0 Å². The van der Waals surface area contributed by atoms with Crippen LogP contribution in [0.25, 0.3) is 11.3 Å². The zero-order chi connectivity index (χ0) is 13.1. The number of aldehydes is 1. The molecular formula is C14H12N2O2. The maximum Gasteiger partial charge on any atom is 0.248 e. The van der Waals surface area contributed by atoms with Crippen molar-refractivity contribution in [3.8, 4) is 11.3 Å². The molecule has 1 aromatic heterocycles. The Bertz CT molecular complexity index is 621. The van der Waals surface area contributed by atoms with Gasteiger partial charge < -0.3 is 5.73 Å². The number of aromatic nitrogens is 1. The second kappa shape index (κ2) is 4.79. The lowest BCUT2D eigenvalue weighted by atomic mass is 10.0. The van der Waals surface area contributed by atoms with Gasteiger partial charge in [-0.3, -0.25) is 14.6 Å². The summed E-state index contributed by atoms with van der Waals surface area (Å²) in [4.78, 5) is 26.0. The molecule has 0 saturated carbocycles. The van der Waals surface area contributed by atoms with Gasteiger partial charge in [0.25, 0.3) is 0 Å². The quantitative estimate of drug-likeness (QED) is 0.833. The standard InChI is InChI=1S/C14H12N2O2/c1-9-5-10(8-17)7-16-13(9)11-3-2-4-12(6-11)14(15)18/h2-8H,1H3,(H2,15,18). The molecular weight excluding hydrogens is 228 g/mol. The zero-order valence-electron chi connectivity index (χ0n) is 9.88. The first kappa shape index (κ1) is 12.0. The van der Waals surface area contributed by atoms with E-state index in [1.165, 1.54) is 6.20 Å². The molecule has 0 bridgehead atoms. The van der Waals surface area contributed by atoms with Gasteiger partial charge in [0.05, 0.1) is 5.69 Å². The van der Waals surface area contributed by atoms with E-state index in [1.807, 2.05) is 13.0 Å². The SMILES string of the molecule is Cc1cc(C=O)cnc1-c1cccc(C(N)=O)c1. The minimum absolute atomic E-state index is 0.438. The molecule has 1 heterocycles. The summed E-state index contributed by atoms with van der Waals surface area (Å²) in [5.41, 5.74) is 8.63. The van der Waals surface area contributed by atoms with Gasteiger partial charge in [0.15, 0.2) is 6.29 Å². The third-order valence-electron chi connectivity index (χ3n) is 2.66. The predicted octanol–water partition coefficient (Wildman–Crippen LogP) is 1.97. The van der Waals surface area contributed by atoms with Gasteiger partial charge in [0.1, 0.15) is 0 Å². The third kappa shape index (κ3) is 2.27. The molecule has 0 saturated heterocycles. The average Bonchev–Trinajstić information content (AvgIpc) is 2.38. The van der Waals surface area contributed by atoms with Crippen LogP contribution in [0.3, 0.4) is 0 Å². The van der Waals surface area contributed by atoms with Gasteiger partial charge >= 0.3 is 0 Å². The van der Waals surface area contributed by atoms with Crippen LogP contribution in [0.5, 0.6) is 0 Å². The number of rotatable bonds is 3. The number of primary amides is 1. The van der Waals surface area contributed by atoms with Gasteiger partial charge in [-0.1, -0.05) is 12.1 Å². The highest BCUT2D eigenvalue weighted by Gasteiger charge is 2.07. The maximum absolute atomic E-state index is 11.1. The zero-order valence-corrected chi connectivity index (χ0v) is 9.88. The van der Waals surface area contributed by atoms with E-state index in [4.69, 9.17) is 5.73 Å². The van der Waals surface area contributed by atoms with Crippen molar-refractivity contribution in [3.05, 3.63) is 53.2 Å². The Morgan fingerprint density at radius 2 is 2.11 bits per heavy atom. The first-order chi connectivity index (χ1) is 8.61. The van der Waals surface area contributed by atoms with Crippen LogP contribution in [0, 0.1) is 6.92 Å². The summed E-state index contributed by atoms with van der Waals surface area (Å²) < 4.78 is 0. The molecule has 2 aromatic rings. The number of benzene rings is 1. The number of pyridine rings is 1. The van der Waals surface area contributed by atoms with Crippen molar-refractivity contribution in [3.63, 3.8) is 0 Å². The molecule has 4 heteroatoms.